The topological polar surface area (TPSA) is 13.1 Å². The van der Waals surface area contributed by atoms with Crippen LogP contribution in [-0.4, -0.2) is 0 Å². The predicted octanol–water partition coefficient (Wildman–Crippen LogP) is 9.83. The molecule has 0 saturated carbocycles. The molecule has 8 rings (SSSR count). The number of fused-ring (bicyclic) bond motifs is 12. The van der Waals surface area contributed by atoms with E-state index in [0.29, 0.717) is 5.02 Å². The van der Waals surface area contributed by atoms with Gasteiger partial charge in [-0.2, -0.15) is 0 Å². The van der Waals surface area contributed by atoms with E-state index >= 15 is 0 Å². The first-order valence-electron chi connectivity index (χ1n) is 11.5. The molecule has 1 aliphatic heterocycles. The average molecular weight is 552 g/mol. The Hall–Kier alpha value is -2.98. The van der Waals surface area contributed by atoms with Crippen LogP contribution < -0.4 is 0 Å². The van der Waals surface area contributed by atoms with Crippen molar-refractivity contribution in [2.24, 2.45) is 0 Å². The van der Waals surface area contributed by atoms with E-state index in [-0.39, 0.29) is 0 Å². The molecule has 4 heteroatoms. The van der Waals surface area contributed by atoms with Crippen LogP contribution >= 0.6 is 39.3 Å². The van der Waals surface area contributed by atoms with Crippen LogP contribution in [-0.2, 0) is 5.41 Å². The van der Waals surface area contributed by atoms with Crippen molar-refractivity contribution < 1.29 is 4.42 Å². The summed E-state index contributed by atoms with van der Waals surface area (Å²) in [7, 11) is 0. The predicted molar refractivity (Wildman–Crippen MR) is 148 cm³/mol. The van der Waals surface area contributed by atoms with Crippen LogP contribution in [0.4, 0.5) is 0 Å². The van der Waals surface area contributed by atoms with Gasteiger partial charge in [-0.05, 0) is 75.8 Å². The molecule has 0 fully saturated rings. The Morgan fingerprint density at radius 3 is 2.14 bits per heavy atom. The number of furan rings is 1. The summed E-state index contributed by atoms with van der Waals surface area (Å²) < 4.78 is 7.37. The lowest BCUT2D eigenvalue weighted by molar-refractivity contribution is 0.664. The van der Waals surface area contributed by atoms with Crippen LogP contribution in [0.25, 0.3) is 33.1 Å². The highest BCUT2D eigenvalue weighted by Gasteiger charge is 2.50. The zero-order chi connectivity index (χ0) is 23.3. The standard InChI is InChI=1S/C31H16BrClOS/c32-17-12-13-28-23(14-17)31(21-8-3-1-6-18(21)19-7-2-4-9-22(19)31)24-15-20-27(16-29(24)35-28)34-26-11-5-10-25(33)30(20)26/h1-16H. The first-order valence-corrected chi connectivity index (χ1v) is 13.5. The molecule has 35 heavy (non-hydrogen) atoms. The molecule has 0 amide bonds. The van der Waals surface area contributed by atoms with E-state index < -0.39 is 5.41 Å². The largest absolute Gasteiger partial charge is 0.456 e. The first kappa shape index (κ1) is 20.2. The molecule has 0 radical (unpaired) electrons. The Bertz CT molecular complexity index is 1820. The highest BCUT2D eigenvalue weighted by Crippen LogP contribution is 2.63. The lowest BCUT2D eigenvalue weighted by Crippen LogP contribution is -2.32. The van der Waals surface area contributed by atoms with Crippen LogP contribution in [0.15, 0.2) is 116 Å². The summed E-state index contributed by atoms with van der Waals surface area (Å²) in [4.78, 5) is 2.48. The minimum Gasteiger partial charge on any atom is -0.456 e. The van der Waals surface area contributed by atoms with E-state index in [1.165, 1.54) is 43.2 Å². The Labute approximate surface area is 219 Å². The zero-order valence-corrected chi connectivity index (χ0v) is 21.5. The third kappa shape index (κ3) is 2.51. The fourth-order valence-electron chi connectivity index (χ4n) is 6.15. The number of hydrogen-bond acceptors (Lipinski definition) is 2. The van der Waals surface area contributed by atoms with E-state index in [1.54, 1.807) is 0 Å². The zero-order valence-electron chi connectivity index (χ0n) is 18.3. The first-order chi connectivity index (χ1) is 17.2. The van der Waals surface area contributed by atoms with Crippen molar-refractivity contribution in [3.05, 3.63) is 129 Å². The van der Waals surface area contributed by atoms with Gasteiger partial charge in [0.05, 0.1) is 10.4 Å². The molecule has 1 aromatic heterocycles. The molecule has 0 unspecified atom stereocenters. The van der Waals surface area contributed by atoms with Crippen molar-refractivity contribution in [3.8, 4) is 11.1 Å². The number of hydrogen-bond donors (Lipinski definition) is 0. The molecule has 2 aliphatic rings. The van der Waals surface area contributed by atoms with Gasteiger partial charge in [-0.3, -0.25) is 0 Å². The molecule has 1 aliphatic carbocycles. The van der Waals surface area contributed by atoms with Gasteiger partial charge < -0.3 is 4.42 Å². The van der Waals surface area contributed by atoms with Gasteiger partial charge in [0.15, 0.2) is 0 Å². The quantitative estimate of drug-likeness (QED) is 0.186. The maximum atomic E-state index is 6.70. The van der Waals surface area contributed by atoms with Gasteiger partial charge in [0.1, 0.15) is 11.2 Å². The molecular weight excluding hydrogens is 536 g/mol. The maximum absolute atomic E-state index is 6.70. The van der Waals surface area contributed by atoms with E-state index in [9.17, 15) is 0 Å². The summed E-state index contributed by atoms with van der Waals surface area (Å²) in [6.07, 6.45) is 0. The molecule has 5 aromatic carbocycles. The third-order valence-corrected chi connectivity index (χ3v) is 9.41. The van der Waals surface area contributed by atoms with E-state index in [1.807, 2.05) is 30.0 Å². The van der Waals surface area contributed by atoms with Crippen LogP contribution in [0.1, 0.15) is 22.3 Å². The Kier molecular flexibility index (Phi) is 4.07. The third-order valence-electron chi connectivity index (χ3n) is 7.47. The van der Waals surface area contributed by atoms with Gasteiger partial charge in [0.25, 0.3) is 0 Å². The smallest absolute Gasteiger partial charge is 0.136 e. The molecule has 0 atom stereocenters. The van der Waals surface area contributed by atoms with E-state index in [0.717, 1.165) is 26.4 Å². The SMILES string of the molecule is Clc1cccc2oc3cc4c(cc3c12)C1(c2cc(Br)ccc2S4)c2ccccc2-c2ccccc21. The van der Waals surface area contributed by atoms with Crippen molar-refractivity contribution in [1.82, 2.24) is 0 Å². The highest BCUT2D eigenvalue weighted by atomic mass is 79.9. The van der Waals surface area contributed by atoms with Crippen molar-refractivity contribution in [3.63, 3.8) is 0 Å². The second-order valence-electron chi connectivity index (χ2n) is 9.14. The van der Waals surface area contributed by atoms with Crippen LogP contribution in [0.5, 0.6) is 0 Å². The molecule has 6 aromatic rings. The summed E-state index contributed by atoms with van der Waals surface area (Å²) in [6, 6.07) is 34.8. The summed E-state index contributed by atoms with van der Waals surface area (Å²) in [6.45, 7) is 0. The average Bonchev–Trinajstić information content (AvgIpc) is 3.38. The molecule has 2 heterocycles. The summed E-state index contributed by atoms with van der Waals surface area (Å²) in [5.41, 5.74) is 9.08. The highest BCUT2D eigenvalue weighted by molar-refractivity contribution is 9.10. The van der Waals surface area contributed by atoms with E-state index in [2.05, 4.69) is 94.8 Å². The van der Waals surface area contributed by atoms with Crippen LogP contribution in [0, 0.1) is 0 Å². The van der Waals surface area contributed by atoms with Crippen molar-refractivity contribution in [1.29, 1.82) is 0 Å². The normalized spacial score (nSPS) is 14.7. The van der Waals surface area contributed by atoms with Gasteiger partial charge in [-0.15, -0.1) is 0 Å². The monoisotopic (exact) mass is 550 g/mol. The molecule has 1 nitrogen and oxygen atoms in total. The molecular formula is C31H16BrClOS. The lowest BCUT2D eigenvalue weighted by Gasteiger charge is -2.39. The second kappa shape index (κ2) is 7.04. The number of benzene rings is 5. The molecule has 0 N–H and O–H groups in total. The van der Waals surface area contributed by atoms with Gasteiger partial charge in [-0.25, -0.2) is 0 Å². The number of halogens is 2. The Morgan fingerprint density at radius 2 is 1.37 bits per heavy atom. The van der Waals surface area contributed by atoms with E-state index in [4.69, 9.17) is 16.0 Å². The molecule has 0 bridgehead atoms. The van der Waals surface area contributed by atoms with Gasteiger partial charge in [0.2, 0.25) is 0 Å². The lowest BCUT2D eigenvalue weighted by atomic mass is 9.67. The molecule has 1 spiro atoms. The fraction of sp³-hybridized carbons (Fsp3) is 0.0323. The van der Waals surface area contributed by atoms with Crippen LogP contribution in [0.3, 0.4) is 0 Å². The molecule has 166 valence electrons. The van der Waals surface area contributed by atoms with Gasteiger partial charge in [0, 0.05) is 25.0 Å². The van der Waals surface area contributed by atoms with Gasteiger partial charge >= 0.3 is 0 Å². The summed E-state index contributed by atoms with van der Waals surface area (Å²) in [5.74, 6) is 0. The Balaban J connectivity index is 1.60. The van der Waals surface area contributed by atoms with Gasteiger partial charge in [-0.1, -0.05) is 93.9 Å². The summed E-state index contributed by atoms with van der Waals surface area (Å²) in [5, 5.41) is 2.76. The second-order valence-corrected chi connectivity index (χ2v) is 11.5. The van der Waals surface area contributed by atoms with Crippen LogP contribution in [0.2, 0.25) is 5.02 Å². The fourth-order valence-corrected chi connectivity index (χ4v) is 7.96. The van der Waals surface area contributed by atoms with Crippen molar-refractivity contribution in [2.75, 3.05) is 0 Å². The minimum absolute atomic E-state index is 0.425. The summed E-state index contributed by atoms with van der Waals surface area (Å²) >= 11 is 12.3. The minimum atomic E-state index is -0.425. The van der Waals surface area contributed by atoms with Crippen molar-refractivity contribution in [2.45, 2.75) is 15.2 Å². The maximum Gasteiger partial charge on any atom is 0.136 e. The van der Waals surface area contributed by atoms with Crippen molar-refractivity contribution >= 4 is 61.2 Å². The Morgan fingerprint density at radius 1 is 0.657 bits per heavy atom. The molecule has 0 saturated heterocycles. The number of rotatable bonds is 0.